The molecule has 0 aromatic heterocycles. The van der Waals surface area contributed by atoms with Gasteiger partial charge in [-0.25, -0.2) is 4.79 Å². The average Bonchev–Trinajstić information content (AvgIpc) is 2.66. The second kappa shape index (κ2) is 10.5. The van der Waals surface area contributed by atoms with Gasteiger partial charge in [0.1, 0.15) is 11.9 Å². The molecular formula is C19H23ClN2O5. The lowest BCUT2D eigenvalue weighted by molar-refractivity contribution is -0.157. The van der Waals surface area contributed by atoms with Crippen LogP contribution in [0.5, 0.6) is 0 Å². The molecule has 146 valence electrons. The van der Waals surface area contributed by atoms with E-state index in [1.54, 1.807) is 26.0 Å². The first-order valence-corrected chi connectivity index (χ1v) is 9.06. The summed E-state index contributed by atoms with van der Waals surface area (Å²) in [6.45, 7) is 5.19. The highest BCUT2D eigenvalue weighted by atomic mass is 35.5. The molecule has 1 N–H and O–H groups in total. The summed E-state index contributed by atoms with van der Waals surface area (Å²) >= 11 is 5.40. The van der Waals surface area contributed by atoms with Crippen molar-refractivity contribution in [2.45, 2.75) is 45.3 Å². The van der Waals surface area contributed by atoms with E-state index in [4.69, 9.17) is 21.1 Å². The van der Waals surface area contributed by atoms with E-state index in [0.29, 0.717) is 5.56 Å². The van der Waals surface area contributed by atoms with Crippen molar-refractivity contribution in [3.8, 4) is 6.07 Å². The molecule has 0 spiro atoms. The van der Waals surface area contributed by atoms with Gasteiger partial charge >= 0.3 is 11.9 Å². The molecule has 0 radical (unpaired) electrons. The van der Waals surface area contributed by atoms with Crippen molar-refractivity contribution in [3.63, 3.8) is 0 Å². The van der Waals surface area contributed by atoms with Crippen LogP contribution in [-0.4, -0.2) is 42.0 Å². The molecule has 0 aliphatic carbocycles. The zero-order valence-corrected chi connectivity index (χ0v) is 16.3. The number of amides is 1. The van der Waals surface area contributed by atoms with Crippen LogP contribution in [0.2, 0.25) is 0 Å². The Morgan fingerprint density at radius 3 is 2.37 bits per heavy atom. The lowest BCUT2D eigenvalue weighted by Gasteiger charge is -2.27. The van der Waals surface area contributed by atoms with E-state index in [1.807, 2.05) is 25.1 Å². The molecule has 8 heteroatoms. The predicted molar refractivity (Wildman–Crippen MR) is 98.9 cm³/mol. The van der Waals surface area contributed by atoms with Crippen LogP contribution < -0.4 is 5.32 Å². The van der Waals surface area contributed by atoms with Crippen molar-refractivity contribution in [1.29, 1.82) is 5.26 Å². The van der Waals surface area contributed by atoms with Gasteiger partial charge in [0.05, 0.1) is 6.61 Å². The summed E-state index contributed by atoms with van der Waals surface area (Å²) in [6.07, 6.45) is -1.10. The Kier molecular flexibility index (Phi) is 8.76. The van der Waals surface area contributed by atoms with E-state index < -0.39 is 35.4 Å². The summed E-state index contributed by atoms with van der Waals surface area (Å²) in [5.41, 5.74) is -0.259. The molecule has 0 saturated heterocycles. The standard InChI is InChI=1S/C19H23ClN2O5/c1-4-15(27-16(23)11-20)17(24)22-19(12-21,18(25)26-5-2)10-14-8-6-13(3)7-9-14/h6-9,15H,4-5,10-11H2,1-3H3,(H,22,24). The van der Waals surface area contributed by atoms with Crippen LogP contribution in [-0.2, 0) is 30.3 Å². The number of nitrogens with zero attached hydrogens (tertiary/aromatic N) is 1. The number of carbonyl (C=O) groups excluding carboxylic acids is 3. The van der Waals surface area contributed by atoms with Gasteiger partial charge in [0.2, 0.25) is 5.54 Å². The third-order valence-corrected chi connectivity index (χ3v) is 4.01. The lowest BCUT2D eigenvalue weighted by atomic mass is 9.91. The van der Waals surface area contributed by atoms with Crippen LogP contribution in [0.3, 0.4) is 0 Å². The summed E-state index contributed by atoms with van der Waals surface area (Å²) in [7, 11) is 0. The molecule has 1 aromatic rings. The minimum Gasteiger partial charge on any atom is -0.463 e. The summed E-state index contributed by atoms with van der Waals surface area (Å²) < 4.78 is 9.97. The second-order valence-corrected chi connectivity index (χ2v) is 6.18. The summed E-state index contributed by atoms with van der Waals surface area (Å²) in [5, 5.41) is 12.1. The Bertz CT molecular complexity index is 714. The normalized spacial score (nSPS) is 13.6. The van der Waals surface area contributed by atoms with E-state index in [0.717, 1.165) is 5.56 Å². The predicted octanol–water partition coefficient (Wildman–Crippen LogP) is 2.04. The first kappa shape index (κ1) is 22.5. The number of aryl methyl sites for hydroxylation is 1. The minimum atomic E-state index is -1.94. The van der Waals surface area contributed by atoms with Crippen LogP contribution in [0.15, 0.2) is 24.3 Å². The average molecular weight is 395 g/mol. The van der Waals surface area contributed by atoms with Crippen LogP contribution >= 0.6 is 11.6 Å². The second-order valence-electron chi connectivity index (χ2n) is 5.91. The number of benzene rings is 1. The molecule has 1 rings (SSSR count). The highest BCUT2D eigenvalue weighted by Gasteiger charge is 2.43. The largest absolute Gasteiger partial charge is 0.463 e. The van der Waals surface area contributed by atoms with Gasteiger partial charge in [-0.15, -0.1) is 11.6 Å². The number of rotatable bonds is 9. The number of nitriles is 1. The maximum Gasteiger partial charge on any atom is 0.347 e. The summed E-state index contributed by atoms with van der Waals surface area (Å²) in [5.74, 6) is -2.82. The minimum absolute atomic E-state index is 0.0461. The monoisotopic (exact) mass is 394 g/mol. The number of hydrogen-bond donors (Lipinski definition) is 1. The molecule has 2 unspecified atom stereocenters. The zero-order valence-electron chi connectivity index (χ0n) is 15.6. The van der Waals surface area contributed by atoms with Gasteiger partial charge in [0, 0.05) is 6.42 Å². The summed E-state index contributed by atoms with van der Waals surface area (Å²) in [6, 6.07) is 9.06. The number of esters is 2. The molecule has 2 atom stereocenters. The molecule has 0 aliphatic rings. The van der Waals surface area contributed by atoms with Gasteiger partial charge < -0.3 is 14.8 Å². The van der Waals surface area contributed by atoms with Crippen LogP contribution in [0.1, 0.15) is 31.4 Å². The smallest absolute Gasteiger partial charge is 0.347 e. The maximum absolute atomic E-state index is 12.6. The number of ether oxygens (including phenoxy) is 2. The van der Waals surface area contributed by atoms with E-state index in [-0.39, 0.29) is 19.4 Å². The number of nitrogens with one attached hydrogen (secondary N) is 1. The van der Waals surface area contributed by atoms with Gasteiger partial charge in [-0.1, -0.05) is 36.8 Å². The molecule has 1 amide bonds. The van der Waals surface area contributed by atoms with Crippen molar-refractivity contribution in [1.82, 2.24) is 5.32 Å². The molecule has 1 aromatic carbocycles. The topological polar surface area (TPSA) is 105 Å². The maximum atomic E-state index is 12.6. The molecular weight excluding hydrogens is 372 g/mol. The SMILES string of the molecule is CCOC(=O)C(C#N)(Cc1ccc(C)cc1)NC(=O)C(CC)OC(=O)CCl. The summed E-state index contributed by atoms with van der Waals surface area (Å²) in [4.78, 5) is 36.5. The molecule has 0 fully saturated rings. The van der Waals surface area contributed by atoms with Crippen molar-refractivity contribution in [3.05, 3.63) is 35.4 Å². The van der Waals surface area contributed by atoms with E-state index >= 15 is 0 Å². The molecule has 0 bridgehead atoms. The fourth-order valence-electron chi connectivity index (χ4n) is 2.35. The van der Waals surface area contributed by atoms with Crippen molar-refractivity contribution in [2.75, 3.05) is 12.5 Å². The van der Waals surface area contributed by atoms with Crippen molar-refractivity contribution < 1.29 is 23.9 Å². The quantitative estimate of drug-likeness (QED) is 0.507. The van der Waals surface area contributed by atoms with E-state index in [1.165, 1.54) is 0 Å². The number of halogens is 1. The van der Waals surface area contributed by atoms with E-state index in [2.05, 4.69) is 5.32 Å². The van der Waals surface area contributed by atoms with Gasteiger partial charge in [-0.2, -0.15) is 5.26 Å². The molecule has 0 aliphatic heterocycles. The highest BCUT2D eigenvalue weighted by Crippen LogP contribution is 2.17. The Morgan fingerprint density at radius 2 is 1.89 bits per heavy atom. The lowest BCUT2D eigenvalue weighted by Crippen LogP contribution is -2.58. The van der Waals surface area contributed by atoms with Gasteiger partial charge in [0.15, 0.2) is 6.10 Å². The number of carbonyl (C=O) groups is 3. The van der Waals surface area contributed by atoms with Gasteiger partial charge in [-0.05, 0) is 25.8 Å². The fraction of sp³-hybridized carbons (Fsp3) is 0.474. The Labute approximate surface area is 163 Å². The number of alkyl halides is 1. The first-order valence-electron chi connectivity index (χ1n) is 8.53. The fourth-order valence-corrected chi connectivity index (χ4v) is 2.41. The number of hydrogen-bond acceptors (Lipinski definition) is 6. The van der Waals surface area contributed by atoms with Crippen LogP contribution in [0.4, 0.5) is 0 Å². The van der Waals surface area contributed by atoms with Crippen molar-refractivity contribution in [2.24, 2.45) is 0 Å². The molecule has 27 heavy (non-hydrogen) atoms. The highest BCUT2D eigenvalue weighted by molar-refractivity contribution is 6.26. The Hall–Kier alpha value is -2.59. The third kappa shape index (κ3) is 6.26. The Balaban J connectivity index is 3.14. The Morgan fingerprint density at radius 1 is 1.26 bits per heavy atom. The zero-order chi connectivity index (χ0) is 20.4. The molecule has 7 nitrogen and oxygen atoms in total. The van der Waals surface area contributed by atoms with Gasteiger partial charge in [-0.3, -0.25) is 9.59 Å². The third-order valence-electron chi connectivity index (χ3n) is 3.79. The van der Waals surface area contributed by atoms with E-state index in [9.17, 15) is 19.6 Å². The molecule has 0 heterocycles. The van der Waals surface area contributed by atoms with Crippen molar-refractivity contribution >= 4 is 29.4 Å². The van der Waals surface area contributed by atoms with Crippen LogP contribution in [0.25, 0.3) is 0 Å². The first-order chi connectivity index (χ1) is 12.8. The van der Waals surface area contributed by atoms with Gasteiger partial charge in [0.25, 0.3) is 5.91 Å². The van der Waals surface area contributed by atoms with Crippen LogP contribution in [0, 0.1) is 18.3 Å². The molecule has 0 saturated carbocycles.